The minimum absolute atomic E-state index is 0.169. The van der Waals surface area contributed by atoms with Gasteiger partial charge in [-0.25, -0.2) is 14.4 Å². The summed E-state index contributed by atoms with van der Waals surface area (Å²) in [5.41, 5.74) is 4.14. The third-order valence-corrected chi connectivity index (χ3v) is 3.74. The van der Waals surface area contributed by atoms with Crippen LogP contribution in [0.4, 0.5) is 4.39 Å². The zero-order valence-electron chi connectivity index (χ0n) is 13.1. The molecule has 23 heavy (non-hydrogen) atoms. The summed E-state index contributed by atoms with van der Waals surface area (Å²) in [5, 5.41) is 0. The normalized spacial score (nSPS) is 10.7. The van der Waals surface area contributed by atoms with E-state index < -0.39 is 0 Å². The van der Waals surface area contributed by atoms with Gasteiger partial charge in [-0.15, -0.1) is 0 Å². The van der Waals surface area contributed by atoms with Crippen molar-refractivity contribution in [3.05, 3.63) is 65.4 Å². The molecule has 3 aromatic rings. The Morgan fingerprint density at radius 1 is 1.13 bits per heavy atom. The van der Waals surface area contributed by atoms with Crippen LogP contribution in [-0.4, -0.2) is 22.1 Å². The molecule has 0 atom stereocenters. The van der Waals surface area contributed by atoms with E-state index in [0.717, 1.165) is 17.0 Å². The van der Waals surface area contributed by atoms with E-state index in [-0.39, 0.29) is 5.82 Å². The lowest BCUT2D eigenvalue weighted by Crippen LogP contribution is -2.00. The van der Waals surface area contributed by atoms with E-state index in [2.05, 4.69) is 15.0 Å². The predicted octanol–water partition coefficient (Wildman–Crippen LogP) is 3.71. The second kappa shape index (κ2) is 6.60. The van der Waals surface area contributed by atoms with Crippen LogP contribution in [0.25, 0.3) is 11.4 Å². The highest BCUT2D eigenvalue weighted by molar-refractivity contribution is 5.64. The van der Waals surface area contributed by atoms with Gasteiger partial charge in [0.1, 0.15) is 11.5 Å². The van der Waals surface area contributed by atoms with Gasteiger partial charge in [0.15, 0.2) is 0 Å². The van der Waals surface area contributed by atoms with Crippen LogP contribution in [0.3, 0.4) is 0 Å². The standard InChI is InChI=1S/C18H18FN3O/c1-12-11-21-18(23-2)17(22-12)16-14(9-10-20-16)8-7-13-5-3-4-6-15(13)19/h3-6,9-11,20H,7-8H2,1-2H3. The molecule has 0 aliphatic carbocycles. The Labute approximate surface area is 134 Å². The molecule has 118 valence electrons. The van der Waals surface area contributed by atoms with Crippen molar-refractivity contribution in [1.29, 1.82) is 0 Å². The average molecular weight is 311 g/mol. The Morgan fingerprint density at radius 2 is 1.91 bits per heavy atom. The van der Waals surface area contributed by atoms with Crippen LogP contribution < -0.4 is 4.74 Å². The van der Waals surface area contributed by atoms with Gasteiger partial charge in [0, 0.05) is 6.20 Å². The number of ether oxygens (including phenoxy) is 1. The highest BCUT2D eigenvalue weighted by Gasteiger charge is 2.15. The molecule has 5 heteroatoms. The lowest BCUT2D eigenvalue weighted by molar-refractivity contribution is 0.397. The zero-order chi connectivity index (χ0) is 16.2. The Hall–Kier alpha value is -2.69. The van der Waals surface area contributed by atoms with Crippen molar-refractivity contribution >= 4 is 0 Å². The molecular weight excluding hydrogens is 293 g/mol. The van der Waals surface area contributed by atoms with Gasteiger partial charge in [0.2, 0.25) is 5.88 Å². The van der Waals surface area contributed by atoms with E-state index in [1.807, 2.05) is 31.3 Å². The number of methoxy groups -OCH3 is 1. The summed E-state index contributed by atoms with van der Waals surface area (Å²) in [4.78, 5) is 12.0. The molecule has 1 N–H and O–H groups in total. The Kier molecular flexibility index (Phi) is 4.37. The maximum absolute atomic E-state index is 13.8. The highest BCUT2D eigenvalue weighted by Crippen LogP contribution is 2.28. The van der Waals surface area contributed by atoms with Crippen molar-refractivity contribution in [3.8, 4) is 17.3 Å². The first kappa shape index (κ1) is 15.2. The molecule has 0 amide bonds. The van der Waals surface area contributed by atoms with Crippen LogP contribution in [0.5, 0.6) is 5.88 Å². The lowest BCUT2D eigenvalue weighted by atomic mass is 10.0. The smallest absolute Gasteiger partial charge is 0.241 e. The Bertz CT molecular complexity index is 814. The molecule has 0 aliphatic heterocycles. The number of H-pyrrole nitrogens is 1. The molecule has 0 saturated carbocycles. The monoisotopic (exact) mass is 311 g/mol. The first-order chi connectivity index (χ1) is 11.2. The van der Waals surface area contributed by atoms with Gasteiger partial charge in [-0.05, 0) is 43.0 Å². The Balaban J connectivity index is 1.88. The summed E-state index contributed by atoms with van der Waals surface area (Å²) in [7, 11) is 1.57. The van der Waals surface area contributed by atoms with Crippen LogP contribution in [0, 0.1) is 12.7 Å². The van der Waals surface area contributed by atoms with Crippen LogP contribution in [0.2, 0.25) is 0 Å². The molecule has 0 bridgehead atoms. The molecule has 0 saturated heterocycles. The van der Waals surface area contributed by atoms with Crippen molar-refractivity contribution in [2.24, 2.45) is 0 Å². The molecule has 0 spiro atoms. The van der Waals surface area contributed by atoms with Gasteiger partial charge in [-0.1, -0.05) is 18.2 Å². The molecule has 0 radical (unpaired) electrons. The quantitative estimate of drug-likeness (QED) is 0.781. The summed E-state index contributed by atoms with van der Waals surface area (Å²) >= 11 is 0. The fourth-order valence-corrected chi connectivity index (χ4v) is 2.58. The molecule has 2 aromatic heterocycles. The van der Waals surface area contributed by atoms with Gasteiger partial charge in [-0.3, -0.25) is 0 Å². The summed E-state index contributed by atoms with van der Waals surface area (Å²) in [6, 6.07) is 8.84. The van der Waals surface area contributed by atoms with Crippen molar-refractivity contribution < 1.29 is 9.13 Å². The minimum atomic E-state index is -0.169. The lowest BCUT2D eigenvalue weighted by Gasteiger charge is -2.09. The van der Waals surface area contributed by atoms with E-state index >= 15 is 0 Å². The van der Waals surface area contributed by atoms with Crippen molar-refractivity contribution in [3.63, 3.8) is 0 Å². The van der Waals surface area contributed by atoms with Gasteiger partial charge in [0.05, 0.1) is 24.7 Å². The SMILES string of the molecule is COc1ncc(C)nc1-c1[nH]ccc1CCc1ccccc1F. The number of benzene rings is 1. The number of rotatable bonds is 5. The molecule has 4 nitrogen and oxygen atoms in total. The number of aromatic amines is 1. The third-order valence-electron chi connectivity index (χ3n) is 3.74. The number of aryl methyl sites for hydroxylation is 3. The van der Waals surface area contributed by atoms with Gasteiger partial charge < -0.3 is 9.72 Å². The summed E-state index contributed by atoms with van der Waals surface area (Å²) in [6.45, 7) is 1.89. The fourth-order valence-electron chi connectivity index (χ4n) is 2.58. The predicted molar refractivity (Wildman–Crippen MR) is 86.9 cm³/mol. The average Bonchev–Trinajstić information content (AvgIpc) is 3.02. The zero-order valence-corrected chi connectivity index (χ0v) is 13.1. The number of hydrogen-bond acceptors (Lipinski definition) is 3. The number of hydrogen-bond donors (Lipinski definition) is 1. The number of nitrogens with zero attached hydrogens (tertiary/aromatic N) is 2. The van der Waals surface area contributed by atoms with E-state index in [4.69, 9.17) is 4.74 Å². The van der Waals surface area contributed by atoms with Crippen molar-refractivity contribution in [2.75, 3.05) is 7.11 Å². The molecule has 3 rings (SSSR count). The summed E-state index contributed by atoms with van der Waals surface area (Å²) in [5.74, 6) is 0.308. The summed E-state index contributed by atoms with van der Waals surface area (Å²) in [6.07, 6.45) is 4.86. The molecular formula is C18H18FN3O. The van der Waals surface area contributed by atoms with Gasteiger partial charge in [0.25, 0.3) is 0 Å². The topological polar surface area (TPSA) is 50.8 Å². The number of nitrogens with one attached hydrogen (secondary N) is 1. The van der Waals surface area contributed by atoms with Crippen LogP contribution in [-0.2, 0) is 12.8 Å². The van der Waals surface area contributed by atoms with Gasteiger partial charge >= 0.3 is 0 Å². The summed E-state index contributed by atoms with van der Waals surface area (Å²) < 4.78 is 19.1. The second-order valence-electron chi connectivity index (χ2n) is 5.34. The fraction of sp³-hybridized carbons (Fsp3) is 0.222. The van der Waals surface area contributed by atoms with E-state index in [0.29, 0.717) is 30.0 Å². The maximum atomic E-state index is 13.8. The largest absolute Gasteiger partial charge is 0.479 e. The Morgan fingerprint density at radius 3 is 2.70 bits per heavy atom. The van der Waals surface area contributed by atoms with Crippen LogP contribution in [0.1, 0.15) is 16.8 Å². The van der Waals surface area contributed by atoms with Crippen LogP contribution >= 0.6 is 0 Å². The molecule has 0 aliphatic rings. The van der Waals surface area contributed by atoms with Gasteiger partial charge in [-0.2, -0.15) is 0 Å². The first-order valence-electron chi connectivity index (χ1n) is 7.46. The molecule has 1 aromatic carbocycles. The highest BCUT2D eigenvalue weighted by atomic mass is 19.1. The van der Waals surface area contributed by atoms with Crippen LogP contribution in [0.15, 0.2) is 42.7 Å². The number of aromatic nitrogens is 3. The van der Waals surface area contributed by atoms with E-state index in [9.17, 15) is 4.39 Å². The van der Waals surface area contributed by atoms with Crippen molar-refractivity contribution in [1.82, 2.24) is 15.0 Å². The molecule has 0 unspecified atom stereocenters. The third kappa shape index (κ3) is 3.23. The van der Waals surface area contributed by atoms with Crippen molar-refractivity contribution in [2.45, 2.75) is 19.8 Å². The minimum Gasteiger partial charge on any atom is -0.479 e. The first-order valence-corrected chi connectivity index (χ1v) is 7.46. The number of halogens is 1. The van der Waals surface area contributed by atoms with E-state index in [1.54, 1.807) is 19.4 Å². The second-order valence-corrected chi connectivity index (χ2v) is 5.34. The molecule has 2 heterocycles. The van der Waals surface area contributed by atoms with E-state index in [1.165, 1.54) is 6.07 Å². The molecule has 0 fully saturated rings. The maximum Gasteiger partial charge on any atom is 0.241 e.